The fourth-order valence-corrected chi connectivity index (χ4v) is 3.83. The first-order valence-electron chi connectivity index (χ1n) is 9.26. The maximum atomic E-state index is 12.9. The van der Waals surface area contributed by atoms with Crippen LogP contribution in [0.15, 0.2) is 72.5 Å². The fourth-order valence-electron chi connectivity index (χ4n) is 3.83. The molecule has 0 aliphatic carbocycles. The number of esters is 1. The molecule has 0 aromatic heterocycles. The molecule has 2 aliphatic heterocycles. The molecule has 0 bridgehead atoms. The van der Waals surface area contributed by atoms with Crippen LogP contribution in [0.4, 0.5) is 0 Å². The minimum atomic E-state index is -0.378. The van der Waals surface area contributed by atoms with Crippen molar-refractivity contribution in [2.24, 2.45) is 0 Å². The smallest absolute Gasteiger partial charge is 0.312 e. The van der Waals surface area contributed by atoms with Crippen LogP contribution >= 0.6 is 0 Å². The van der Waals surface area contributed by atoms with Gasteiger partial charge in [-0.05, 0) is 41.5 Å². The molecule has 2 heterocycles. The lowest BCUT2D eigenvalue weighted by molar-refractivity contribution is -0.135. The van der Waals surface area contributed by atoms with Crippen LogP contribution in [0.2, 0.25) is 0 Å². The zero-order valence-electron chi connectivity index (χ0n) is 15.3. The lowest BCUT2D eigenvalue weighted by Crippen LogP contribution is -2.21. The van der Waals surface area contributed by atoms with Crippen molar-refractivity contribution in [1.82, 2.24) is 0 Å². The SMILES string of the molecule is O=C1C[C@H](c2cccc(O)c2)c2c(ccc3c2O/C(=C\c2ccccc2)C3=O)O1. The Morgan fingerprint density at radius 1 is 0.931 bits per heavy atom. The largest absolute Gasteiger partial charge is 0.508 e. The van der Waals surface area contributed by atoms with Gasteiger partial charge in [0.1, 0.15) is 17.2 Å². The van der Waals surface area contributed by atoms with Crippen molar-refractivity contribution < 1.29 is 24.2 Å². The van der Waals surface area contributed by atoms with E-state index in [0.29, 0.717) is 22.6 Å². The standard InChI is InChI=1S/C24H16O5/c25-16-8-4-7-15(12-16)18-13-21(26)28-19-10-9-17-23(27)20(29-24(17)22(18)19)11-14-5-2-1-3-6-14/h1-12,18,25H,13H2/b20-11-/t18-/m1/s1. The molecular formula is C24H16O5. The summed E-state index contributed by atoms with van der Waals surface area (Å²) in [4.78, 5) is 25.1. The molecule has 0 fully saturated rings. The molecule has 1 atom stereocenters. The summed E-state index contributed by atoms with van der Waals surface area (Å²) in [5.74, 6) is 0.173. The minimum absolute atomic E-state index is 0.0994. The summed E-state index contributed by atoms with van der Waals surface area (Å²) in [7, 11) is 0. The number of carbonyl (C=O) groups excluding carboxylic acids is 2. The van der Waals surface area contributed by atoms with E-state index in [2.05, 4.69) is 0 Å². The predicted octanol–water partition coefficient (Wildman–Crippen LogP) is 4.45. The van der Waals surface area contributed by atoms with Crippen molar-refractivity contribution in [3.8, 4) is 17.2 Å². The van der Waals surface area contributed by atoms with Crippen LogP contribution < -0.4 is 9.47 Å². The van der Waals surface area contributed by atoms with Gasteiger partial charge in [-0.25, -0.2) is 0 Å². The molecule has 5 heteroatoms. The molecular weight excluding hydrogens is 368 g/mol. The molecule has 5 rings (SSSR count). The van der Waals surface area contributed by atoms with Crippen molar-refractivity contribution >= 4 is 17.8 Å². The number of phenols is 1. The number of phenolic OH excluding ortho intramolecular Hbond substituents is 1. The molecule has 1 N–H and O–H groups in total. The van der Waals surface area contributed by atoms with E-state index in [4.69, 9.17) is 9.47 Å². The van der Waals surface area contributed by atoms with Gasteiger partial charge in [0.2, 0.25) is 5.78 Å². The fraction of sp³-hybridized carbons (Fsp3) is 0.0833. The normalized spacial score (nSPS) is 18.8. The highest BCUT2D eigenvalue weighted by atomic mass is 16.5. The summed E-state index contributed by atoms with van der Waals surface area (Å²) in [6.45, 7) is 0. The van der Waals surface area contributed by atoms with Crippen molar-refractivity contribution in [3.05, 3.63) is 94.7 Å². The molecule has 5 nitrogen and oxygen atoms in total. The molecule has 142 valence electrons. The first-order valence-corrected chi connectivity index (χ1v) is 9.26. The van der Waals surface area contributed by atoms with Crippen LogP contribution in [0.5, 0.6) is 17.2 Å². The van der Waals surface area contributed by atoms with Gasteiger partial charge in [0.15, 0.2) is 5.76 Å². The second-order valence-electron chi connectivity index (χ2n) is 7.03. The number of hydrogen-bond donors (Lipinski definition) is 1. The van der Waals surface area contributed by atoms with E-state index >= 15 is 0 Å². The molecule has 0 saturated heterocycles. The van der Waals surface area contributed by atoms with Gasteiger partial charge in [-0.15, -0.1) is 0 Å². The number of rotatable bonds is 2. The monoisotopic (exact) mass is 384 g/mol. The van der Waals surface area contributed by atoms with Crippen molar-refractivity contribution in [2.45, 2.75) is 12.3 Å². The lowest BCUT2D eigenvalue weighted by atomic mass is 9.84. The Balaban J connectivity index is 1.64. The molecule has 2 aliphatic rings. The highest BCUT2D eigenvalue weighted by Gasteiger charge is 2.38. The first-order chi connectivity index (χ1) is 14.1. The van der Waals surface area contributed by atoms with Gasteiger partial charge in [0.25, 0.3) is 0 Å². The van der Waals surface area contributed by atoms with Gasteiger partial charge >= 0.3 is 5.97 Å². The molecule has 0 saturated carbocycles. The first kappa shape index (κ1) is 17.3. The summed E-state index contributed by atoms with van der Waals surface area (Å²) in [5, 5.41) is 9.89. The van der Waals surface area contributed by atoms with Crippen molar-refractivity contribution in [1.29, 1.82) is 0 Å². The topological polar surface area (TPSA) is 72.8 Å². The maximum absolute atomic E-state index is 12.9. The predicted molar refractivity (Wildman–Crippen MR) is 106 cm³/mol. The van der Waals surface area contributed by atoms with E-state index in [0.717, 1.165) is 11.1 Å². The Morgan fingerprint density at radius 3 is 2.55 bits per heavy atom. The Labute approximate surface area is 166 Å². The molecule has 3 aromatic carbocycles. The van der Waals surface area contributed by atoms with E-state index in [1.54, 1.807) is 36.4 Å². The maximum Gasteiger partial charge on any atom is 0.312 e. The summed E-state index contributed by atoms with van der Waals surface area (Å²) in [6, 6.07) is 19.5. The molecule has 29 heavy (non-hydrogen) atoms. The second kappa shape index (κ2) is 6.63. The Bertz CT molecular complexity index is 1180. The molecule has 0 amide bonds. The van der Waals surface area contributed by atoms with E-state index in [-0.39, 0.29) is 35.6 Å². The van der Waals surface area contributed by atoms with Crippen LogP contribution in [0.1, 0.15) is 39.4 Å². The number of ketones is 1. The van der Waals surface area contributed by atoms with Gasteiger partial charge < -0.3 is 14.6 Å². The third-order valence-corrected chi connectivity index (χ3v) is 5.15. The molecule has 0 spiro atoms. The number of carbonyl (C=O) groups is 2. The zero-order valence-corrected chi connectivity index (χ0v) is 15.3. The average Bonchev–Trinajstić information content (AvgIpc) is 3.03. The van der Waals surface area contributed by atoms with Crippen LogP contribution in [-0.4, -0.2) is 16.9 Å². The van der Waals surface area contributed by atoms with Crippen LogP contribution in [-0.2, 0) is 4.79 Å². The number of fused-ring (bicyclic) bond motifs is 3. The number of allylic oxidation sites excluding steroid dienone is 1. The molecule has 3 aromatic rings. The number of ether oxygens (including phenoxy) is 2. The third-order valence-electron chi connectivity index (χ3n) is 5.15. The van der Waals surface area contributed by atoms with Gasteiger partial charge in [-0.2, -0.15) is 0 Å². The number of benzene rings is 3. The third kappa shape index (κ3) is 2.97. The summed E-state index contributed by atoms with van der Waals surface area (Å²) in [6.07, 6.45) is 1.80. The molecule has 0 radical (unpaired) electrons. The number of Topliss-reactive ketones (excluding diaryl/α,β-unsaturated/α-hetero) is 1. The van der Waals surface area contributed by atoms with E-state index < -0.39 is 0 Å². The number of aromatic hydroxyl groups is 1. The summed E-state index contributed by atoms with van der Waals surface area (Å²) >= 11 is 0. The number of hydrogen-bond acceptors (Lipinski definition) is 5. The van der Waals surface area contributed by atoms with Gasteiger partial charge in [-0.1, -0.05) is 42.5 Å². The Hall–Kier alpha value is -3.86. The van der Waals surface area contributed by atoms with E-state index in [9.17, 15) is 14.7 Å². The lowest BCUT2D eigenvalue weighted by Gasteiger charge is -2.26. The second-order valence-corrected chi connectivity index (χ2v) is 7.03. The van der Waals surface area contributed by atoms with Crippen LogP contribution in [0.3, 0.4) is 0 Å². The highest BCUT2D eigenvalue weighted by Crippen LogP contribution is 2.49. The average molecular weight is 384 g/mol. The van der Waals surface area contributed by atoms with Gasteiger partial charge in [0.05, 0.1) is 12.0 Å². The Kier molecular flexibility index (Phi) is 3.95. The van der Waals surface area contributed by atoms with Crippen molar-refractivity contribution in [2.75, 3.05) is 0 Å². The van der Waals surface area contributed by atoms with E-state index in [1.807, 2.05) is 36.4 Å². The minimum Gasteiger partial charge on any atom is -0.508 e. The van der Waals surface area contributed by atoms with Crippen LogP contribution in [0, 0.1) is 0 Å². The van der Waals surface area contributed by atoms with Gasteiger partial charge in [-0.3, -0.25) is 9.59 Å². The van der Waals surface area contributed by atoms with Gasteiger partial charge in [0, 0.05) is 11.5 Å². The molecule has 0 unspecified atom stereocenters. The van der Waals surface area contributed by atoms with Crippen molar-refractivity contribution in [3.63, 3.8) is 0 Å². The highest BCUT2D eigenvalue weighted by molar-refractivity contribution is 6.15. The van der Waals surface area contributed by atoms with E-state index in [1.165, 1.54) is 0 Å². The Morgan fingerprint density at radius 2 is 1.76 bits per heavy atom. The summed E-state index contributed by atoms with van der Waals surface area (Å²) in [5.41, 5.74) is 2.70. The summed E-state index contributed by atoms with van der Waals surface area (Å²) < 4.78 is 11.4. The zero-order chi connectivity index (χ0) is 20.0. The quantitative estimate of drug-likeness (QED) is 0.401. The van der Waals surface area contributed by atoms with Crippen LogP contribution in [0.25, 0.3) is 6.08 Å².